The maximum absolute atomic E-state index is 11.6. The normalized spacial score (nSPS) is 11.1. The molecule has 1 aromatic heterocycles. The van der Waals surface area contributed by atoms with E-state index >= 15 is 0 Å². The molecule has 138 valence electrons. The van der Waals surface area contributed by atoms with Crippen LogP contribution in [0.4, 0.5) is 0 Å². The summed E-state index contributed by atoms with van der Waals surface area (Å²) in [7, 11) is 3.47. The fourth-order valence-corrected chi connectivity index (χ4v) is 2.45. The molecule has 0 atom stereocenters. The lowest BCUT2D eigenvalue weighted by Crippen LogP contribution is -2.39. The summed E-state index contributed by atoms with van der Waals surface area (Å²) in [6.07, 6.45) is 4.07. The summed E-state index contributed by atoms with van der Waals surface area (Å²) in [6, 6.07) is 8.34. The molecule has 1 aromatic carbocycles. The monoisotopic (exact) mass is 457 g/mol. The first kappa shape index (κ1) is 21.3. The van der Waals surface area contributed by atoms with Crippen molar-refractivity contribution in [3.63, 3.8) is 0 Å². The molecule has 2 rings (SSSR count). The van der Waals surface area contributed by atoms with Gasteiger partial charge in [-0.3, -0.25) is 4.79 Å². The van der Waals surface area contributed by atoms with E-state index in [4.69, 9.17) is 0 Å². The van der Waals surface area contributed by atoms with Crippen molar-refractivity contribution in [1.29, 1.82) is 0 Å². The number of H-pyrrole nitrogens is 1. The van der Waals surface area contributed by atoms with Crippen LogP contribution in [0.1, 0.15) is 18.9 Å². The second kappa shape index (κ2) is 11.0. The SMILES string of the molecule is CCNC(=NCC(=O)N(C)C)NCCCc1c[nH]c2ccccc12.I. The minimum atomic E-state index is -0.00834. The van der Waals surface area contributed by atoms with E-state index in [2.05, 4.69) is 45.0 Å². The first-order valence-electron chi connectivity index (χ1n) is 8.39. The smallest absolute Gasteiger partial charge is 0.243 e. The number of para-hydroxylation sites is 1. The molecular weight excluding hydrogens is 429 g/mol. The number of aryl methyl sites for hydroxylation is 1. The first-order chi connectivity index (χ1) is 11.6. The van der Waals surface area contributed by atoms with Gasteiger partial charge >= 0.3 is 0 Å². The van der Waals surface area contributed by atoms with E-state index in [-0.39, 0.29) is 36.4 Å². The van der Waals surface area contributed by atoms with Gasteiger partial charge in [0.1, 0.15) is 6.54 Å². The van der Waals surface area contributed by atoms with Gasteiger partial charge in [0.15, 0.2) is 5.96 Å². The standard InChI is InChI=1S/C18H27N5O.HI/c1-4-19-18(22-13-17(24)23(2)3)20-11-7-8-14-12-21-16-10-6-5-9-15(14)16;/h5-6,9-10,12,21H,4,7-8,11,13H2,1-3H3,(H2,19,20,22);1H. The maximum Gasteiger partial charge on any atom is 0.243 e. The highest BCUT2D eigenvalue weighted by molar-refractivity contribution is 14.0. The number of aromatic amines is 1. The molecule has 1 amide bonds. The van der Waals surface area contributed by atoms with E-state index < -0.39 is 0 Å². The van der Waals surface area contributed by atoms with Crippen LogP contribution < -0.4 is 10.6 Å². The van der Waals surface area contributed by atoms with Crippen LogP contribution in [0.2, 0.25) is 0 Å². The van der Waals surface area contributed by atoms with Gasteiger partial charge in [0.25, 0.3) is 0 Å². The summed E-state index contributed by atoms with van der Waals surface area (Å²) in [5, 5.41) is 7.73. The van der Waals surface area contributed by atoms with Crippen LogP contribution in [0.3, 0.4) is 0 Å². The fraction of sp³-hybridized carbons (Fsp3) is 0.444. The molecule has 0 bridgehead atoms. The van der Waals surface area contributed by atoms with E-state index in [1.54, 1.807) is 19.0 Å². The van der Waals surface area contributed by atoms with Gasteiger partial charge in [-0.1, -0.05) is 18.2 Å². The van der Waals surface area contributed by atoms with Crippen LogP contribution >= 0.6 is 24.0 Å². The molecule has 0 saturated heterocycles. The Hall–Kier alpha value is -1.77. The van der Waals surface area contributed by atoms with Crippen LogP contribution in [0.25, 0.3) is 10.9 Å². The Labute approximate surface area is 166 Å². The zero-order valence-corrected chi connectivity index (χ0v) is 17.5. The van der Waals surface area contributed by atoms with Crippen molar-refractivity contribution >= 4 is 46.7 Å². The van der Waals surface area contributed by atoms with Crippen molar-refractivity contribution in [1.82, 2.24) is 20.5 Å². The summed E-state index contributed by atoms with van der Waals surface area (Å²) in [5.41, 5.74) is 2.51. The number of guanidine groups is 1. The number of likely N-dealkylation sites (N-methyl/N-ethyl adjacent to an activating group) is 1. The molecule has 0 unspecified atom stereocenters. The van der Waals surface area contributed by atoms with Crippen LogP contribution in [0, 0.1) is 0 Å². The van der Waals surface area contributed by atoms with Gasteiger partial charge in [-0.25, -0.2) is 4.99 Å². The first-order valence-corrected chi connectivity index (χ1v) is 8.39. The second-order valence-corrected chi connectivity index (χ2v) is 5.87. The quantitative estimate of drug-likeness (QED) is 0.259. The van der Waals surface area contributed by atoms with Crippen molar-refractivity contribution in [2.24, 2.45) is 4.99 Å². The molecule has 25 heavy (non-hydrogen) atoms. The van der Waals surface area contributed by atoms with Crippen LogP contribution in [0.5, 0.6) is 0 Å². The number of fused-ring (bicyclic) bond motifs is 1. The largest absolute Gasteiger partial charge is 0.361 e. The number of aromatic nitrogens is 1. The zero-order chi connectivity index (χ0) is 17.4. The number of benzene rings is 1. The van der Waals surface area contributed by atoms with Crippen molar-refractivity contribution < 1.29 is 4.79 Å². The Balaban J connectivity index is 0.00000312. The topological polar surface area (TPSA) is 72.5 Å². The van der Waals surface area contributed by atoms with Gasteiger partial charge in [-0.15, -0.1) is 24.0 Å². The maximum atomic E-state index is 11.6. The molecule has 0 radical (unpaired) electrons. The molecule has 0 aliphatic heterocycles. The number of aliphatic imine (C=N–C) groups is 1. The average molecular weight is 457 g/mol. The fourth-order valence-electron chi connectivity index (χ4n) is 2.45. The Morgan fingerprint density at radius 1 is 1.24 bits per heavy atom. The number of hydrogen-bond donors (Lipinski definition) is 3. The van der Waals surface area contributed by atoms with Gasteiger partial charge in [0, 0.05) is 44.3 Å². The number of hydrogen-bond acceptors (Lipinski definition) is 2. The van der Waals surface area contributed by atoms with Crippen molar-refractivity contribution in [3.8, 4) is 0 Å². The highest BCUT2D eigenvalue weighted by Gasteiger charge is 2.05. The molecular formula is C18H28IN5O. The second-order valence-electron chi connectivity index (χ2n) is 5.87. The van der Waals surface area contributed by atoms with Crippen molar-refractivity contribution in [2.75, 3.05) is 33.7 Å². The summed E-state index contributed by atoms with van der Waals surface area (Å²) in [4.78, 5) is 20.8. The van der Waals surface area contributed by atoms with Crippen molar-refractivity contribution in [2.45, 2.75) is 19.8 Å². The lowest BCUT2D eigenvalue weighted by Gasteiger charge is -2.12. The Bertz CT molecular complexity index is 696. The molecule has 0 fully saturated rings. The number of nitrogens with zero attached hydrogens (tertiary/aromatic N) is 2. The molecule has 3 N–H and O–H groups in total. The molecule has 0 saturated carbocycles. The molecule has 0 aliphatic rings. The molecule has 2 aromatic rings. The predicted molar refractivity (Wildman–Crippen MR) is 115 cm³/mol. The van der Waals surface area contributed by atoms with E-state index in [0.717, 1.165) is 25.9 Å². The number of rotatable bonds is 7. The van der Waals surface area contributed by atoms with Crippen LogP contribution in [-0.4, -0.2) is 55.5 Å². The average Bonchev–Trinajstić information content (AvgIpc) is 2.99. The third-order valence-electron chi connectivity index (χ3n) is 3.81. The number of halogens is 1. The lowest BCUT2D eigenvalue weighted by atomic mass is 10.1. The van der Waals surface area contributed by atoms with Gasteiger partial charge in [-0.05, 0) is 31.4 Å². The minimum absolute atomic E-state index is 0. The summed E-state index contributed by atoms with van der Waals surface area (Å²) in [6.45, 7) is 3.74. The molecule has 0 spiro atoms. The van der Waals surface area contributed by atoms with Crippen molar-refractivity contribution in [3.05, 3.63) is 36.0 Å². The van der Waals surface area contributed by atoms with Gasteiger partial charge in [-0.2, -0.15) is 0 Å². The Morgan fingerprint density at radius 3 is 2.72 bits per heavy atom. The lowest BCUT2D eigenvalue weighted by molar-refractivity contribution is -0.127. The van der Waals surface area contributed by atoms with Gasteiger partial charge in [0.2, 0.25) is 5.91 Å². The third kappa shape index (κ3) is 6.56. The highest BCUT2D eigenvalue weighted by Crippen LogP contribution is 2.18. The minimum Gasteiger partial charge on any atom is -0.361 e. The zero-order valence-electron chi connectivity index (χ0n) is 15.1. The Morgan fingerprint density at radius 2 is 2.00 bits per heavy atom. The molecule has 7 heteroatoms. The number of carbonyl (C=O) groups excluding carboxylic acids is 1. The summed E-state index contributed by atoms with van der Waals surface area (Å²) >= 11 is 0. The molecule has 6 nitrogen and oxygen atoms in total. The highest BCUT2D eigenvalue weighted by atomic mass is 127. The van der Waals surface area contributed by atoms with Crippen LogP contribution in [-0.2, 0) is 11.2 Å². The van der Waals surface area contributed by atoms with Crippen LogP contribution in [0.15, 0.2) is 35.5 Å². The van der Waals surface area contributed by atoms with E-state index in [9.17, 15) is 4.79 Å². The molecule has 1 heterocycles. The number of amides is 1. The summed E-state index contributed by atoms with van der Waals surface area (Å²) < 4.78 is 0. The van der Waals surface area contributed by atoms with Gasteiger partial charge in [0.05, 0.1) is 0 Å². The van der Waals surface area contributed by atoms with E-state index in [1.807, 2.05) is 13.0 Å². The van der Waals surface area contributed by atoms with E-state index in [1.165, 1.54) is 16.5 Å². The van der Waals surface area contributed by atoms with Gasteiger partial charge < -0.3 is 20.5 Å². The summed E-state index contributed by atoms with van der Waals surface area (Å²) in [5.74, 6) is 0.678. The number of nitrogens with one attached hydrogen (secondary N) is 3. The third-order valence-corrected chi connectivity index (χ3v) is 3.81. The molecule has 0 aliphatic carbocycles. The predicted octanol–water partition coefficient (Wildman–Crippen LogP) is 2.36. The number of carbonyl (C=O) groups is 1. The van der Waals surface area contributed by atoms with E-state index in [0.29, 0.717) is 5.96 Å². The Kier molecular flexibility index (Phi) is 9.33.